The fourth-order valence-corrected chi connectivity index (χ4v) is 1.79. The number of ether oxygens (including phenoxy) is 1. The molecule has 0 saturated carbocycles. The number of carbonyl (C=O) groups is 1. The molecule has 0 N–H and O–H groups in total. The van der Waals surface area contributed by atoms with Crippen molar-refractivity contribution in [2.75, 3.05) is 14.2 Å². The molecule has 0 radical (unpaired) electrons. The second kappa shape index (κ2) is 5.17. The summed E-state index contributed by atoms with van der Waals surface area (Å²) in [6.45, 7) is 4.57. The van der Waals surface area contributed by atoms with Crippen molar-refractivity contribution in [1.29, 1.82) is 0 Å². The quantitative estimate of drug-likeness (QED) is 0.389. The smallest absolute Gasteiger partial charge is 0.374 e. The van der Waals surface area contributed by atoms with Crippen LogP contribution in [0.25, 0.3) is 0 Å². The highest BCUT2D eigenvalue weighted by molar-refractivity contribution is 7.54. The predicted molar refractivity (Wildman–Crippen MR) is 47.4 cm³/mol. The Hall–Kier alpha value is -0.640. The molecule has 0 rings (SSSR count). The fraction of sp³-hybridized carbons (Fsp3) is 0.571. The molecule has 0 fully saturated rings. The predicted octanol–water partition coefficient (Wildman–Crippen LogP) is 1.55. The van der Waals surface area contributed by atoms with Gasteiger partial charge in [0.2, 0.25) is 5.85 Å². The van der Waals surface area contributed by atoms with Gasteiger partial charge in [0.15, 0.2) is 0 Å². The molecule has 6 heteroatoms. The lowest BCUT2D eigenvalue weighted by atomic mass is 10.7. The summed E-state index contributed by atoms with van der Waals surface area (Å²) in [5.74, 6) is -1.63. The van der Waals surface area contributed by atoms with Crippen molar-refractivity contribution in [2.45, 2.75) is 12.8 Å². The zero-order valence-electron chi connectivity index (χ0n) is 7.85. The van der Waals surface area contributed by atoms with Crippen molar-refractivity contribution in [2.24, 2.45) is 0 Å². The molecule has 0 aliphatic rings. The first-order valence-electron chi connectivity index (χ1n) is 3.51. The summed E-state index contributed by atoms with van der Waals surface area (Å²) in [5.41, 5.74) is 0. The van der Waals surface area contributed by atoms with Crippen molar-refractivity contribution in [3.05, 3.63) is 12.7 Å². The van der Waals surface area contributed by atoms with E-state index in [2.05, 4.69) is 20.4 Å². The molecule has 0 aromatic carbocycles. The molecule has 0 spiro atoms. The van der Waals surface area contributed by atoms with Gasteiger partial charge in [0, 0.05) is 21.1 Å². The molecule has 0 aromatic heterocycles. The minimum Gasteiger partial charge on any atom is -0.445 e. The van der Waals surface area contributed by atoms with E-state index in [0.717, 1.165) is 0 Å². The minimum atomic E-state index is -3.41. The molecular weight excluding hydrogens is 195 g/mol. The third-order valence-corrected chi connectivity index (χ3v) is 3.27. The van der Waals surface area contributed by atoms with Crippen molar-refractivity contribution >= 4 is 13.6 Å². The van der Waals surface area contributed by atoms with Crippen molar-refractivity contribution in [3.8, 4) is 0 Å². The molecule has 13 heavy (non-hydrogen) atoms. The summed E-state index contributed by atoms with van der Waals surface area (Å²) in [4.78, 5) is 10.6. The zero-order chi connectivity index (χ0) is 10.5. The molecule has 1 atom stereocenters. The Morgan fingerprint density at radius 2 is 1.92 bits per heavy atom. The maximum atomic E-state index is 11.6. The second-order valence-electron chi connectivity index (χ2n) is 2.14. The molecule has 5 nitrogen and oxygen atoms in total. The fourth-order valence-electron chi connectivity index (χ4n) is 0.694. The van der Waals surface area contributed by atoms with E-state index in [1.165, 1.54) is 27.2 Å². The summed E-state index contributed by atoms with van der Waals surface area (Å²) in [5, 5.41) is 0. The van der Waals surface area contributed by atoms with Gasteiger partial charge in [-0.25, -0.2) is 0 Å². The first-order chi connectivity index (χ1) is 6.00. The van der Waals surface area contributed by atoms with Crippen molar-refractivity contribution in [1.82, 2.24) is 0 Å². The molecule has 0 amide bonds. The van der Waals surface area contributed by atoms with Crippen LogP contribution in [0.4, 0.5) is 0 Å². The average Bonchev–Trinajstić information content (AvgIpc) is 2.12. The van der Waals surface area contributed by atoms with Gasteiger partial charge < -0.3 is 13.8 Å². The average molecular weight is 208 g/mol. The maximum Gasteiger partial charge on any atom is 0.374 e. The monoisotopic (exact) mass is 208 g/mol. The molecule has 0 aromatic rings. The first-order valence-corrected chi connectivity index (χ1v) is 5.12. The Labute approximate surface area is 77.2 Å². The number of hydrogen-bond donors (Lipinski definition) is 0. The summed E-state index contributed by atoms with van der Waals surface area (Å²) in [7, 11) is -0.981. The molecule has 0 aliphatic carbocycles. The Morgan fingerprint density at radius 1 is 1.46 bits per heavy atom. The summed E-state index contributed by atoms with van der Waals surface area (Å²) in [6.07, 6.45) is 1.20. The van der Waals surface area contributed by atoms with Gasteiger partial charge in [-0.3, -0.25) is 9.36 Å². The SMILES string of the molecule is C=C[C@H](OC(C)=O)P(=O)(OC)OC. The molecule has 0 saturated heterocycles. The van der Waals surface area contributed by atoms with Gasteiger partial charge in [-0.2, -0.15) is 0 Å². The van der Waals surface area contributed by atoms with Gasteiger partial charge in [-0.1, -0.05) is 6.58 Å². The number of hydrogen-bond acceptors (Lipinski definition) is 5. The van der Waals surface area contributed by atoms with Gasteiger partial charge in [0.1, 0.15) is 0 Å². The normalized spacial score (nSPS) is 13.5. The van der Waals surface area contributed by atoms with Crippen LogP contribution < -0.4 is 0 Å². The van der Waals surface area contributed by atoms with Gasteiger partial charge in [0.05, 0.1) is 0 Å². The number of rotatable bonds is 5. The van der Waals surface area contributed by atoms with Crippen LogP contribution in [0.15, 0.2) is 12.7 Å². The van der Waals surface area contributed by atoms with Crippen LogP contribution in [-0.2, 0) is 23.1 Å². The third kappa shape index (κ3) is 3.30. The van der Waals surface area contributed by atoms with E-state index in [9.17, 15) is 9.36 Å². The second-order valence-corrected chi connectivity index (χ2v) is 4.46. The van der Waals surface area contributed by atoms with E-state index < -0.39 is 19.4 Å². The summed E-state index contributed by atoms with van der Waals surface area (Å²) < 4.78 is 25.6. The molecule has 0 heterocycles. The zero-order valence-corrected chi connectivity index (χ0v) is 8.74. The van der Waals surface area contributed by atoms with Crippen LogP contribution in [0.5, 0.6) is 0 Å². The van der Waals surface area contributed by atoms with E-state index in [1.54, 1.807) is 0 Å². The highest BCUT2D eigenvalue weighted by atomic mass is 31.2. The number of esters is 1. The van der Waals surface area contributed by atoms with Crippen LogP contribution in [0, 0.1) is 0 Å². The standard InChI is InChI=1S/C7H13O5P/c1-5-7(12-6(2)8)13(9,10-3)11-4/h5,7H,1H2,2-4H3/t7-/m1/s1. The molecule has 0 unspecified atom stereocenters. The lowest BCUT2D eigenvalue weighted by Gasteiger charge is -2.20. The lowest BCUT2D eigenvalue weighted by Crippen LogP contribution is -2.15. The molecular formula is C7H13O5P. The van der Waals surface area contributed by atoms with Gasteiger partial charge in [0.25, 0.3) is 0 Å². The van der Waals surface area contributed by atoms with Gasteiger partial charge >= 0.3 is 13.6 Å². The van der Waals surface area contributed by atoms with Gasteiger partial charge in [-0.15, -0.1) is 0 Å². The minimum absolute atomic E-state index is 0.570. The van der Waals surface area contributed by atoms with E-state index in [4.69, 9.17) is 0 Å². The molecule has 0 aliphatic heterocycles. The van der Waals surface area contributed by atoms with Crippen LogP contribution in [0.2, 0.25) is 0 Å². The third-order valence-electron chi connectivity index (χ3n) is 1.31. The van der Waals surface area contributed by atoms with Crippen LogP contribution >= 0.6 is 7.60 Å². The van der Waals surface area contributed by atoms with E-state index in [1.807, 2.05) is 0 Å². The Bertz CT molecular complexity index is 229. The Kier molecular flexibility index (Phi) is 4.91. The van der Waals surface area contributed by atoms with Gasteiger partial charge in [-0.05, 0) is 6.08 Å². The Balaban J connectivity index is 4.63. The lowest BCUT2D eigenvalue weighted by molar-refractivity contribution is -0.141. The number of carbonyl (C=O) groups excluding carboxylic acids is 1. The van der Waals surface area contributed by atoms with E-state index >= 15 is 0 Å². The van der Waals surface area contributed by atoms with E-state index in [-0.39, 0.29) is 0 Å². The highest BCUT2D eigenvalue weighted by Crippen LogP contribution is 2.52. The highest BCUT2D eigenvalue weighted by Gasteiger charge is 2.34. The largest absolute Gasteiger partial charge is 0.445 e. The van der Waals surface area contributed by atoms with Crippen LogP contribution in [0.3, 0.4) is 0 Å². The molecule has 76 valence electrons. The molecule has 0 bridgehead atoms. The first kappa shape index (κ1) is 12.4. The summed E-state index contributed by atoms with van der Waals surface area (Å²) in [6, 6.07) is 0. The topological polar surface area (TPSA) is 61.8 Å². The summed E-state index contributed by atoms with van der Waals surface area (Å²) >= 11 is 0. The van der Waals surface area contributed by atoms with Crippen molar-refractivity contribution in [3.63, 3.8) is 0 Å². The van der Waals surface area contributed by atoms with Crippen molar-refractivity contribution < 1.29 is 23.1 Å². The van der Waals surface area contributed by atoms with Crippen LogP contribution in [0.1, 0.15) is 6.92 Å². The Morgan fingerprint density at radius 3 is 2.15 bits per heavy atom. The van der Waals surface area contributed by atoms with E-state index in [0.29, 0.717) is 0 Å². The van der Waals surface area contributed by atoms with Crippen LogP contribution in [-0.4, -0.2) is 26.0 Å². The maximum absolute atomic E-state index is 11.6.